The van der Waals surface area contributed by atoms with Crippen LogP contribution in [-0.2, 0) is 0 Å². The van der Waals surface area contributed by atoms with Gasteiger partial charge >= 0.3 is 0 Å². The van der Waals surface area contributed by atoms with E-state index in [9.17, 15) is 5.11 Å². The van der Waals surface area contributed by atoms with Crippen LogP contribution < -0.4 is 10.1 Å². The van der Waals surface area contributed by atoms with Crippen molar-refractivity contribution in [1.82, 2.24) is 5.32 Å². The fraction of sp³-hybridized carbons (Fsp3) is 0.357. The van der Waals surface area contributed by atoms with Crippen LogP contribution in [-0.4, -0.2) is 24.0 Å². The number of aliphatic hydroxyl groups excluding tert-OH is 1. The van der Waals surface area contributed by atoms with Crippen molar-refractivity contribution in [3.05, 3.63) is 41.3 Å². The Kier molecular flexibility index (Phi) is 4.77. The molecule has 1 rings (SSSR count). The van der Waals surface area contributed by atoms with Crippen molar-refractivity contribution >= 4 is 5.71 Å². The molecule has 0 aromatic heterocycles. The summed E-state index contributed by atoms with van der Waals surface area (Å²) in [5.74, 6) is 0.795. The summed E-state index contributed by atoms with van der Waals surface area (Å²) in [6.45, 7) is 5.89. The Morgan fingerprint density at radius 1 is 1.44 bits per heavy atom. The van der Waals surface area contributed by atoms with E-state index >= 15 is 0 Å². The summed E-state index contributed by atoms with van der Waals surface area (Å²) in [7, 11) is 1.60. The van der Waals surface area contributed by atoms with Gasteiger partial charge in [-0.3, -0.25) is 0 Å². The predicted octanol–water partition coefficient (Wildman–Crippen LogP) is 2.77. The van der Waals surface area contributed by atoms with E-state index in [0.717, 1.165) is 16.9 Å². The maximum Gasteiger partial charge on any atom is 0.186 e. The van der Waals surface area contributed by atoms with Gasteiger partial charge in [-0.05, 0) is 44.5 Å². The third-order valence-electron chi connectivity index (χ3n) is 2.39. The maximum absolute atomic E-state index is 9.32. The third-order valence-corrected chi connectivity index (χ3v) is 2.39. The zero-order valence-electron chi connectivity index (χ0n) is 11.2. The first kappa shape index (κ1) is 14.1. The monoisotopic (exact) mass is 248 g/mol. The van der Waals surface area contributed by atoms with Crippen LogP contribution in [0.5, 0.6) is 5.75 Å². The van der Waals surface area contributed by atoms with Crippen molar-refractivity contribution < 1.29 is 9.84 Å². The van der Waals surface area contributed by atoms with Crippen LogP contribution in [0.1, 0.15) is 25.0 Å². The van der Waals surface area contributed by atoms with Gasteiger partial charge in [-0.15, -0.1) is 0 Å². The van der Waals surface area contributed by atoms with E-state index in [1.807, 2.05) is 39.0 Å². The molecule has 0 heterocycles. The van der Waals surface area contributed by atoms with Gasteiger partial charge in [-0.25, -0.2) is 0 Å². The molecule has 0 saturated heterocycles. The Hall–Kier alpha value is -1.97. The van der Waals surface area contributed by atoms with Gasteiger partial charge in [-0.1, -0.05) is 0 Å². The first-order chi connectivity index (χ1) is 8.43. The van der Waals surface area contributed by atoms with Crippen LogP contribution in [0.15, 0.2) is 30.2 Å². The smallest absolute Gasteiger partial charge is 0.186 e. The van der Waals surface area contributed by atoms with Gasteiger partial charge in [0, 0.05) is 18.7 Å². The highest BCUT2D eigenvalue weighted by Gasteiger charge is 2.06. The summed E-state index contributed by atoms with van der Waals surface area (Å²) < 4.78 is 5.63. The Morgan fingerprint density at radius 3 is 2.61 bits per heavy atom. The average molecular weight is 248 g/mol. The van der Waals surface area contributed by atoms with E-state index in [-0.39, 0.29) is 17.7 Å². The van der Waals surface area contributed by atoms with Gasteiger partial charge in [0.2, 0.25) is 0 Å². The molecule has 1 aromatic rings. The van der Waals surface area contributed by atoms with Gasteiger partial charge in [0.15, 0.2) is 5.88 Å². The zero-order chi connectivity index (χ0) is 13.7. The number of aliphatic hydroxyl groups is 1. The Labute approximate surface area is 108 Å². The van der Waals surface area contributed by atoms with Crippen LogP contribution >= 0.6 is 0 Å². The molecule has 0 aliphatic heterocycles. The first-order valence-corrected chi connectivity index (χ1v) is 5.88. The van der Waals surface area contributed by atoms with Crippen molar-refractivity contribution in [3.8, 4) is 5.75 Å². The van der Waals surface area contributed by atoms with Crippen LogP contribution in [0, 0.1) is 12.3 Å². The Bertz CT molecular complexity index is 465. The molecule has 4 nitrogen and oxygen atoms in total. The van der Waals surface area contributed by atoms with E-state index in [1.165, 1.54) is 6.08 Å². The van der Waals surface area contributed by atoms with E-state index in [2.05, 4.69) is 5.32 Å². The van der Waals surface area contributed by atoms with Crippen molar-refractivity contribution in [2.24, 2.45) is 0 Å². The van der Waals surface area contributed by atoms with Crippen LogP contribution in [0.25, 0.3) is 0 Å². The van der Waals surface area contributed by atoms with E-state index in [4.69, 9.17) is 10.1 Å². The Balaban J connectivity index is 2.94. The van der Waals surface area contributed by atoms with E-state index in [0.29, 0.717) is 0 Å². The molecule has 0 unspecified atom stereocenters. The SMILES string of the molecule is CN/C(O)=C\C(=N)c1ccc(OC(C)C)c(C)c1. The normalized spacial score (nSPS) is 11.5. The number of ether oxygens (including phenoxy) is 1. The molecule has 0 aliphatic rings. The lowest BCUT2D eigenvalue weighted by atomic mass is 10.1. The molecule has 0 radical (unpaired) electrons. The molecule has 0 bridgehead atoms. The lowest BCUT2D eigenvalue weighted by molar-refractivity contribution is 0.241. The van der Waals surface area contributed by atoms with Crippen LogP contribution in [0.2, 0.25) is 0 Å². The summed E-state index contributed by atoms with van der Waals surface area (Å²) >= 11 is 0. The first-order valence-electron chi connectivity index (χ1n) is 5.88. The minimum absolute atomic E-state index is 0.0276. The summed E-state index contributed by atoms with van der Waals surface area (Å²) in [4.78, 5) is 0. The lowest BCUT2D eigenvalue weighted by Crippen LogP contribution is -2.09. The summed E-state index contributed by atoms with van der Waals surface area (Å²) in [6.07, 6.45) is 1.50. The average Bonchev–Trinajstić information content (AvgIpc) is 2.30. The second-order valence-electron chi connectivity index (χ2n) is 4.34. The molecule has 3 N–H and O–H groups in total. The topological polar surface area (TPSA) is 65.3 Å². The summed E-state index contributed by atoms with van der Waals surface area (Å²) in [5, 5.41) is 19.7. The molecule has 0 spiro atoms. The minimum atomic E-state index is -0.0276. The van der Waals surface area contributed by atoms with Crippen LogP contribution in [0.4, 0.5) is 0 Å². The van der Waals surface area contributed by atoms with Crippen LogP contribution in [0.3, 0.4) is 0 Å². The molecule has 18 heavy (non-hydrogen) atoms. The van der Waals surface area contributed by atoms with E-state index < -0.39 is 0 Å². The van der Waals surface area contributed by atoms with Crippen molar-refractivity contribution in [1.29, 1.82) is 5.41 Å². The highest BCUT2D eigenvalue weighted by molar-refractivity contribution is 6.06. The second kappa shape index (κ2) is 6.10. The summed E-state index contributed by atoms with van der Waals surface area (Å²) in [6, 6.07) is 5.54. The molecule has 0 saturated carbocycles. The maximum atomic E-state index is 9.32. The third kappa shape index (κ3) is 3.80. The zero-order valence-corrected chi connectivity index (χ0v) is 11.2. The van der Waals surface area contributed by atoms with Crippen molar-refractivity contribution in [2.75, 3.05) is 7.05 Å². The lowest BCUT2D eigenvalue weighted by Gasteiger charge is -2.13. The molecular weight excluding hydrogens is 228 g/mol. The van der Waals surface area contributed by atoms with Crippen molar-refractivity contribution in [3.63, 3.8) is 0 Å². The van der Waals surface area contributed by atoms with Gasteiger partial charge in [-0.2, -0.15) is 0 Å². The molecule has 1 aromatic carbocycles. The van der Waals surface area contributed by atoms with Gasteiger partial charge in [0.1, 0.15) is 5.75 Å². The number of hydrogen-bond acceptors (Lipinski definition) is 4. The molecule has 0 fully saturated rings. The largest absolute Gasteiger partial charge is 0.495 e. The molecular formula is C14H20N2O2. The predicted molar refractivity (Wildman–Crippen MR) is 73.5 cm³/mol. The van der Waals surface area contributed by atoms with Gasteiger partial charge in [0.05, 0.1) is 11.8 Å². The highest BCUT2D eigenvalue weighted by atomic mass is 16.5. The number of nitrogens with one attached hydrogen (secondary N) is 2. The molecule has 98 valence electrons. The number of aryl methyl sites for hydroxylation is 1. The molecule has 4 heteroatoms. The van der Waals surface area contributed by atoms with Gasteiger partial charge in [0.25, 0.3) is 0 Å². The number of hydrogen-bond donors (Lipinski definition) is 3. The van der Waals surface area contributed by atoms with Crippen molar-refractivity contribution in [2.45, 2.75) is 26.9 Å². The number of benzene rings is 1. The molecule has 0 aliphatic carbocycles. The number of allylic oxidation sites excluding steroid dienone is 1. The quantitative estimate of drug-likeness (QED) is 0.554. The fourth-order valence-corrected chi connectivity index (χ4v) is 1.50. The number of rotatable bonds is 5. The standard InChI is InChI=1S/C14H20N2O2/c1-9(2)18-13-6-5-11(7-10(13)3)12(15)8-14(17)16-4/h5-9,15-17H,1-4H3/b14-8+,15-12?. The molecule has 0 atom stereocenters. The van der Waals surface area contributed by atoms with E-state index in [1.54, 1.807) is 7.05 Å². The minimum Gasteiger partial charge on any atom is -0.495 e. The summed E-state index contributed by atoms with van der Waals surface area (Å²) in [5.41, 5.74) is 1.97. The molecule has 0 amide bonds. The van der Waals surface area contributed by atoms with Gasteiger partial charge < -0.3 is 20.6 Å². The fourth-order valence-electron chi connectivity index (χ4n) is 1.50. The Morgan fingerprint density at radius 2 is 2.11 bits per heavy atom. The highest BCUT2D eigenvalue weighted by Crippen LogP contribution is 2.20. The second-order valence-corrected chi connectivity index (χ2v) is 4.34.